The van der Waals surface area contributed by atoms with E-state index in [-0.39, 0.29) is 23.7 Å². The third kappa shape index (κ3) is 2.84. The molecule has 2 atom stereocenters. The maximum absolute atomic E-state index is 12.8. The van der Waals surface area contributed by atoms with Gasteiger partial charge in [-0.15, -0.1) is 0 Å². The number of piperidine rings is 1. The summed E-state index contributed by atoms with van der Waals surface area (Å²) in [4.78, 5) is 33.0. The number of hydrogen-bond acceptors (Lipinski definition) is 5. The lowest BCUT2D eigenvalue weighted by Gasteiger charge is -2.32. The van der Waals surface area contributed by atoms with E-state index >= 15 is 0 Å². The summed E-state index contributed by atoms with van der Waals surface area (Å²) in [5.74, 6) is 1.46. The van der Waals surface area contributed by atoms with E-state index in [0.717, 1.165) is 32.2 Å². The van der Waals surface area contributed by atoms with Crippen LogP contribution in [0.5, 0.6) is 0 Å². The van der Waals surface area contributed by atoms with E-state index in [1.165, 1.54) is 0 Å². The van der Waals surface area contributed by atoms with Gasteiger partial charge >= 0.3 is 0 Å². The third-order valence-electron chi connectivity index (χ3n) is 5.12. The number of aromatic nitrogens is 2. The Bertz CT molecular complexity index is 625. The Kier molecular flexibility index (Phi) is 3.58. The van der Waals surface area contributed by atoms with Crippen molar-refractivity contribution < 1.29 is 14.1 Å². The summed E-state index contributed by atoms with van der Waals surface area (Å²) in [7, 11) is 0. The lowest BCUT2D eigenvalue weighted by atomic mass is 9.96. The van der Waals surface area contributed by atoms with Crippen LogP contribution in [-0.4, -0.2) is 57.4 Å². The summed E-state index contributed by atoms with van der Waals surface area (Å²) in [6.07, 6.45) is 4.45. The number of likely N-dealkylation sites (tertiary alicyclic amines) is 2. The number of carbonyl (C=O) groups is 2. The van der Waals surface area contributed by atoms with E-state index in [2.05, 4.69) is 10.1 Å². The van der Waals surface area contributed by atoms with Gasteiger partial charge in [0.2, 0.25) is 17.7 Å². The van der Waals surface area contributed by atoms with Crippen molar-refractivity contribution in [2.24, 2.45) is 5.92 Å². The maximum atomic E-state index is 12.8. The van der Waals surface area contributed by atoms with Crippen molar-refractivity contribution in [2.75, 3.05) is 19.6 Å². The minimum atomic E-state index is -0.175. The van der Waals surface area contributed by atoms with Crippen LogP contribution in [0.4, 0.5) is 0 Å². The van der Waals surface area contributed by atoms with Crippen LogP contribution in [0.25, 0.3) is 0 Å². The highest BCUT2D eigenvalue weighted by molar-refractivity contribution is 5.89. The van der Waals surface area contributed by atoms with E-state index in [4.69, 9.17) is 4.52 Å². The zero-order valence-corrected chi connectivity index (χ0v) is 13.4. The van der Waals surface area contributed by atoms with Crippen molar-refractivity contribution in [1.82, 2.24) is 19.9 Å². The Hall–Kier alpha value is -1.92. The van der Waals surface area contributed by atoms with Crippen LogP contribution in [0.15, 0.2) is 4.52 Å². The molecule has 3 heterocycles. The highest BCUT2D eigenvalue weighted by atomic mass is 16.5. The fourth-order valence-electron chi connectivity index (χ4n) is 3.75. The molecule has 23 heavy (non-hydrogen) atoms. The van der Waals surface area contributed by atoms with Crippen molar-refractivity contribution in [1.29, 1.82) is 0 Å². The molecule has 2 saturated heterocycles. The van der Waals surface area contributed by atoms with Gasteiger partial charge < -0.3 is 14.3 Å². The summed E-state index contributed by atoms with van der Waals surface area (Å²) < 4.78 is 5.27. The van der Waals surface area contributed by atoms with E-state index in [1.807, 2.05) is 9.80 Å². The van der Waals surface area contributed by atoms with E-state index in [9.17, 15) is 9.59 Å². The van der Waals surface area contributed by atoms with E-state index < -0.39 is 0 Å². The second-order valence-corrected chi connectivity index (χ2v) is 6.98. The van der Waals surface area contributed by atoms with Crippen LogP contribution in [0.1, 0.15) is 49.7 Å². The minimum absolute atomic E-state index is 0.113. The highest BCUT2D eigenvalue weighted by Gasteiger charge is 2.43. The van der Waals surface area contributed by atoms with Gasteiger partial charge in [-0.05, 0) is 32.6 Å². The lowest BCUT2D eigenvalue weighted by molar-refractivity contribution is -0.137. The maximum Gasteiger partial charge on any atom is 0.231 e. The van der Waals surface area contributed by atoms with Gasteiger partial charge in [-0.2, -0.15) is 4.98 Å². The first kappa shape index (κ1) is 14.7. The predicted octanol–water partition coefficient (Wildman–Crippen LogP) is 1.09. The molecule has 124 valence electrons. The molecule has 7 nitrogen and oxygen atoms in total. The summed E-state index contributed by atoms with van der Waals surface area (Å²) in [6.45, 7) is 3.78. The first-order chi connectivity index (χ1) is 11.1. The molecule has 1 aliphatic carbocycles. The standard InChI is InChI=1S/C16H22N4O3/c1-10-17-15(23-18-10)11-3-2-6-19(8-11)16(22)12-7-14(21)20(9-12)13-4-5-13/h11-13H,2-9H2,1H3/t11-,12+/m1/s1. The van der Waals surface area contributed by atoms with Gasteiger partial charge in [0.1, 0.15) is 0 Å². The number of aryl methyl sites for hydroxylation is 1. The lowest BCUT2D eigenvalue weighted by Crippen LogP contribution is -2.43. The summed E-state index contributed by atoms with van der Waals surface area (Å²) in [5.41, 5.74) is 0. The Morgan fingerprint density at radius 2 is 2.09 bits per heavy atom. The molecule has 0 spiro atoms. The molecule has 3 fully saturated rings. The molecule has 4 rings (SSSR count). The first-order valence-electron chi connectivity index (χ1n) is 8.50. The van der Waals surface area contributed by atoms with Crippen molar-refractivity contribution in [3.8, 4) is 0 Å². The van der Waals surface area contributed by atoms with E-state index in [1.54, 1.807) is 6.92 Å². The van der Waals surface area contributed by atoms with Gasteiger partial charge in [0, 0.05) is 32.1 Å². The number of nitrogens with zero attached hydrogens (tertiary/aromatic N) is 4. The quantitative estimate of drug-likeness (QED) is 0.833. The smallest absolute Gasteiger partial charge is 0.231 e. The molecule has 2 aliphatic heterocycles. The van der Waals surface area contributed by atoms with Crippen LogP contribution < -0.4 is 0 Å². The number of rotatable bonds is 3. The van der Waals surface area contributed by atoms with Gasteiger partial charge in [-0.3, -0.25) is 9.59 Å². The Labute approximate surface area is 135 Å². The van der Waals surface area contributed by atoms with Crippen LogP contribution >= 0.6 is 0 Å². The van der Waals surface area contributed by atoms with Crippen LogP contribution in [0.2, 0.25) is 0 Å². The molecule has 1 saturated carbocycles. The first-order valence-corrected chi connectivity index (χ1v) is 8.50. The Morgan fingerprint density at radius 3 is 2.78 bits per heavy atom. The van der Waals surface area contributed by atoms with E-state index in [0.29, 0.717) is 37.3 Å². The van der Waals surface area contributed by atoms with Crippen LogP contribution in [0.3, 0.4) is 0 Å². The molecule has 3 aliphatic rings. The third-order valence-corrected chi connectivity index (χ3v) is 5.12. The van der Waals surface area contributed by atoms with Gasteiger partial charge in [-0.1, -0.05) is 5.16 Å². The normalized spacial score (nSPS) is 28.5. The predicted molar refractivity (Wildman–Crippen MR) is 80.4 cm³/mol. The minimum Gasteiger partial charge on any atom is -0.342 e. The zero-order valence-electron chi connectivity index (χ0n) is 13.4. The molecule has 1 aromatic heterocycles. The van der Waals surface area contributed by atoms with Crippen LogP contribution in [-0.2, 0) is 9.59 Å². The molecule has 0 radical (unpaired) electrons. The second kappa shape index (κ2) is 5.62. The molecule has 0 aromatic carbocycles. The topological polar surface area (TPSA) is 79.5 Å². The number of amides is 2. The van der Waals surface area contributed by atoms with Crippen molar-refractivity contribution in [3.05, 3.63) is 11.7 Å². The SMILES string of the molecule is Cc1noc([C@@H]2CCCN(C(=O)[C@H]3CC(=O)N(C4CC4)C3)C2)n1. The number of carbonyl (C=O) groups excluding carboxylic acids is 2. The fraction of sp³-hybridized carbons (Fsp3) is 0.750. The summed E-state index contributed by atoms with van der Waals surface area (Å²) in [6, 6.07) is 0.399. The highest BCUT2D eigenvalue weighted by Crippen LogP contribution is 2.34. The average molecular weight is 318 g/mol. The molecule has 2 amide bonds. The molecule has 1 aromatic rings. The molecular weight excluding hydrogens is 296 g/mol. The molecular formula is C16H22N4O3. The van der Waals surface area contributed by atoms with Crippen molar-refractivity contribution >= 4 is 11.8 Å². The van der Waals surface area contributed by atoms with Gasteiger partial charge in [0.05, 0.1) is 11.8 Å². The average Bonchev–Trinajstić information content (AvgIpc) is 3.19. The molecule has 0 N–H and O–H groups in total. The van der Waals surface area contributed by atoms with Gasteiger partial charge in [-0.25, -0.2) is 0 Å². The summed E-state index contributed by atoms with van der Waals surface area (Å²) >= 11 is 0. The second-order valence-electron chi connectivity index (χ2n) is 6.98. The molecule has 0 bridgehead atoms. The monoisotopic (exact) mass is 318 g/mol. The Balaban J connectivity index is 1.41. The van der Waals surface area contributed by atoms with Gasteiger partial charge in [0.25, 0.3) is 0 Å². The zero-order chi connectivity index (χ0) is 16.0. The van der Waals surface area contributed by atoms with Gasteiger partial charge in [0.15, 0.2) is 5.82 Å². The van der Waals surface area contributed by atoms with Crippen molar-refractivity contribution in [3.63, 3.8) is 0 Å². The molecule has 7 heteroatoms. The fourth-order valence-corrected chi connectivity index (χ4v) is 3.75. The largest absolute Gasteiger partial charge is 0.342 e. The summed E-state index contributed by atoms with van der Waals surface area (Å²) in [5, 5.41) is 3.84. The van der Waals surface area contributed by atoms with Crippen molar-refractivity contribution in [2.45, 2.75) is 51.0 Å². The molecule has 0 unspecified atom stereocenters. The Morgan fingerprint density at radius 1 is 1.26 bits per heavy atom. The number of hydrogen-bond donors (Lipinski definition) is 0. The van der Waals surface area contributed by atoms with Crippen LogP contribution in [0, 0.1) is 12.8 Å².